The number of fused-ring (bicyclic) bond motifs is 3. The minimum absolute atomic E-state index is 0.0545. The van der Waals surface area contributed by atoms with Crippen LogP contribution >= 0.6 is 0 Å². The molecule has 1 unspecified atom stereocenters. The number of aromatic nitrogens is 6. The lowest BCUT2D eigenvalue weighted by Crippen LogP contribution is -2.48. The van der Waals surface area contributed by atoms with Crippen molar-refractivity contribution < 1.29 is 22.7 Å². The molecule has 1 aromatic carbocycles. The van der Waals surface area contributed by atoms with Crippen LogP contribution in [0.15, 0.2) is 41.3 Å². The molecule has 0 bridgehead atoms. The van der Waals surface area contributed by atoms with Crippen LogP contribution in [0.25, 0.3) is 28.4 Å². The van der Waals surface area contributed by atoms with Crippen molar-refractivity contribution in [3.8, 4) is 11.6 Å². The number of anilines is 2. The standard InChI is InChI=1S/C28H31F2N11O3/c29-19-13-20(30)21(12-18(19)27(42)33-14-17-15-43-11-3-32-17)39-7-4-38(5-8-39)6-9-40-16-34-23-25(40)36-28(31)41-26(23)35-24(37-41)22-2-1-10-44-22/h1-2,10,12-13,16-17,32H,3-9,11,14-15H2,(H2,31,36)(H,33,42). The molecule has 16 heteroatoms. The number of hydrogen-bond donors (Lipinski definition) is 3. The van der Waals surface area contributed by atoms with Gasteiger partial charge < -0.3 is 35.0 Å². The van der Waals surface area contributed by atoms with E-state index in [1.807, 2.05) is 9.47 Å². The van der Waals surface area contributed by atoms with Crippen LogP contribution < -0.4 is 21.3 Å². The van der Waals surface area contributed by atoms with Crippen LogP contribution in [-0.2, 0) is 11.3 Å². The largest absolute Gasteiger partial charge is 0.461 e. The Morgan fingerprint density at radius 1 is 1.11 bits per heavy atom. The van der Waals surface area contributed by atoms with Crippen molar-refractivity contribution in [2.75, 3.05) is 69.7 Å². The van der Waals surface area contributed by atoms with E-state index in [1.165, 1.54) is 10.6 Å². The molecule has 4 N–H and O–H groups in total. The maximum atomic E-state index is 14.9. The molecule has 0 saturated carbocycles. The first-order valence-electron chi connectivity index (χ1n) is 14.4. The van der Waals surface area contributed by atoms with Crippen molar-refractivity contribution in [1.29, 1.82) is 0 Å². The van der Waals surface area contributed by atoms with Gasteiger partial charge in [-0.1, -0.05) is 0 Å². The summed E-state index contributed by atoms with van der Waals surface area (Å²) in [6, 6.07) is 5.55. The molecule has 2 aliphatic rings. The second kappa shape index (κ2) is 11.8. The second-order valence-corrected chi connectivity index (χ2v) is 10.8. The molecule has 0 spiro atoms. The SMILES string of the molecule is Nc1nc2c(ncn2CCN2CCN(c3cc(C(=O)NCC4COCCN4)c(F)cc3F)CC2)c2nc(-c3ccco3)nn12. The van der Waals surface area contributed by atoms with Gasteiger partial charge in [-0.2, -0.15) is 9.50 Å². The highest BCUT2D eigenvalue weighted by Gasteiger charge is 2.24. The Kier molecular flexibility index (Phi) is 7.53. The van der Waals surface area contributed by atoms with Crippen molar-refractivity contribution in [3.63, 3.8) is 0 Å². The maximum Gasteiger partial charge on any atom is 0.254 e. The van der Waals surface area contributed by atoms with Crippen molar-refractivity contribution in [1.82, 2.24) is 44.7 Å². The number of carbonyl (C=O) groups is 1. The molecule has 44 heavy (non-hydrogen) atoms. The summed E-state index contributed by atoms with van der Waals surface area (Å²) in [7, 11) is 0. The van der Waals surface area contributed by atoms with E-state index in [4.69, 9.17) is 14.9 Å². The third kappa shape index (κ3) is 5.42. The first kappa shape index (κ1) is 28.1. The average Bonchev–Trinajstić information content (AvgIpc) is 3.80. The van der Waals surface area contributed by atoms with Gasteiger partial charge in [0.05, 0.1) is 37.1 Å². The molecule has 1 amide bonds. The van der Waals surface area contributed by atoms with Crippen LogP contribution in [0.2, 0.25) is 0 Å². The highest BCUT2D eigenvalue weighted by Crippen LogP contribution is 2.26. The van der Waals surface area contributed by atoms with Crippen molar-refractivity contribution >= 4 is 34.4 Å². The minimum atomic E-state index is -0.891. The molecule has 14 nitrogen and oxygen atoms in total. The number of nitrogens with two attached hydrogens (primary N) is 1. The Morgan fingerprint density at radius 3 is 2.75 bits per heavy atom. The van der Waals surface area contributed by atoms with Crippen LogP contribution in [-0.4, -0.2) is 105 Å². The smallest absolute Gasteiger partial charge is 0.254 e. The zero-order chi connectivity index (χ0) is 30.2. The topological polar surface area (TPSA) is 157 Å². The highest BCUT2D eigenvalue weighted by molar-refractivity contribution is 5.95. The lowest BCUT2D eigenvalue weighted by molar-refractivity contribution is 0.0734. The van der Waals surface area contributed by atoms with Gasteiger partial charge in [0.25, 0.3) is 5.91 Å². The minimum Gasteiger partial charge on any atom is -0.461 e. The number of nitrogen functional groups attached to an aromatic ring is 1. The fourth-order valence-corrected chi connectivity index (χ4v) is 5.58. The average molecular weight is 608 g/mol. The number of benzene rings is 1. The predicted octanol–water partition coefficient (Wildman–Crippen LogP) is 1.13. The molecule has 0 radical (unpaired) electrons. The molecule has 7 rings (SSSR count). The van der Waals surface area contributed by atoms with Crippen molar-refractivity contribution in [3.05, 3.63) is 54.1 Å². The first-order chi connectivity index (χ1) is 21.4. The third-order valence-corrected chi connectivity index (χ3v) is 7.97. The van der Waals surface area contributed by atoms with Gasteiger partial charge in [0.2, 0.25) is 11.8 Å². The van der Waals surface area contributed by atoms with Gasteiger partial charge in [-0.15, -0.1) is 5.10 Å². The van der Waals surface area contributed by atoms with Gasteiger partial charge in [-0.05, 0) is 18.2 Å². The van der Waals surface area contributed by atoms with Crippen LogP contribution in [0, 0.1) is 11.6 Å². The molecule has 6 heterocycles. The number of piperazine rings is 1. The Morgan fingerprint density at radius 2 is 1.98 bits per heavy atom. The number of ether oxygens (including phenoxy) is 1. The molecule has 2 saturated heterocycles. The molecule has 1 atom stereocenters. The zero-order valence-electron chi connectivity index (χ0n) is 23.7. The van der Waals surface area contributed by atoms with Crippen LogP contribution in [0.3, 0.4) is 0 Å². The quantitative estimate of drug-likeness (QED) is 0.232. The number of nitrogens with zero attached hydrogens (tertiary/aromatic N) is 8. The summed E-state index contributed by atoms with van der Waals surface area (Å²) in [5.41, 5.74) is 7.89. The fraction of sp³-hybridized carbons (Fsp3) is 0.393. The van der Waals surface area contributed by atoms with Crippen LogP contribution in [0.4, 0.5) is 20.4 Å². The number of morpholine rings is 1. The summed E-state index contributed by atoms with van der Waals surface area (Å²) in [6.07, 6.45) is 3.25. The summed E-state index contributed by atoms with van der Waals surface area (Å²) in [5.74, 6) is -1.08. The van der Waals surface area contributed by atoms with Gasteiger partial charge in [0.15, 0.2) is 22.6 Å². The van der Waals surface area contributed by atoms with Gasteiger partial charge in [-0.25, -0.2) is 18.7 Å². The Balaban J connectivity index is 0.988. The molecule has 0 aliphatic carbocycles. The Hall–Kier alpha value is -4.67. The van der Waals surface area contributed by atoms with E-state index in [0.717, 1.165) is 6.07 Å². The Labute approximate surface area is 249 Å². The van der Waals surface area contributed by atoms with E-state index in [-0.39, 0.29) is 29.8 Å². The third-order valence-electron chi connectivity index (χ3n) is 7.97. The van der Waals surface area contributed by atoms with Crippen LogP contribution in [0.1, 0.15) is 10.4 Å². The number of carbonyl (C=O) groups excluding carboxylic acids is 1. The zero-order valence-corrected chi connectivity index (χ0v) is 23.7. The van der Waals surface area contributed by atoms with E-state index in [9.17, 15) is 13.6 Å². The summed E-state index contributed by atoms with van der Waals surface area (Å²) in [6.45, 7) is 5.65. The van der Waals surface area contributed by atoms with Gasteiger partial charge >= 0.3 is 0 Å². The van der Waals surface area contributed by atoms with Gasteiger partial charge in [0.1, 0.15) is 11.6 Å². The van der Waals surface area contributed by atoms with E-state index in [0.29, 0.717) is 87.4 Å². The van der Waals surface area contributed by atoms with Gasteiger partial charge in [-0.3, -0.25) is 9.69 Å². The number of imidazole rings is 1. The first-order valence-corrected chi connectivity index (χ1v) is 14.4. The summed E-state index contributed by atoms with van der Waals surface area (Å²) < 4.78 is 43.6. The second-order valence-electron chi connectivity index (χ2n) is 10.8. The summed E-state index contributed by atoms with van der Waals surface area (Å²) in [4.78, 5) is 30.4. The monoisotopic (exact) mass is 607 g/mol. The van der Waals surface area contributed by atoms with E-state index >= 15 is 0 Å². The highest BCUT2D eigenvalue weighted by atomic mass is 19.1. The molecular formula is C28H31F2N11O3. The predicted molar refractivity (Wildman–Crippen MR) is 156 cm³/mol. The molecule has 2 fully saturated rings. The molecule has 4 aromatic heterocycles. The molecule has 5 aromatic rings. The number of halogens is 2. The number of amides is 1. The lowest BCUT2D eigenvalue weighted by Gasteiger charge is -2.36. The van der Waals surface area contributed by atoms with E-state index in [2.05, 4.69) is 35.6 Å². The lowest BCUT2D eigenvalue weighted by atomic mass is 10.1. The van der Waals surface area contributed by atoms with Crippen molar-refractivity contribution in [2.45, 2.75) is 12.6 Å². The van der Waals surface area contributed by atoms with E-state index < -0.39 is 17.5 Å². The van der Waals surface area contributed by atoms with Crippen LogP contribution in [0.5, 0.6) is 0 Å². The number of rotatable bonds is 8. The number of nitrogens with one attached hydrogen (secondary N) is 2. The van der Waals surface area contributed by atoms with Gasteiger partial charge in [0, 0.05) is 64.5 Å². The normalized spacial score (nSPS) is 18.0. The Bertz CT molecular complexity index is 1790. The maximum absolute atomic E-state index is 14.9. The van der Waals surface area contributed by atoms with E-state index in [1.54, 1.807) is 24.7 Å². The fourth-order valence-electron chi connectivity index (χ4n) is 5.58. The summed E-state index contributed by atoms with van der Waals surface area (Å²) in [5, 5.41) is 10.4. The molecule has 230 valence electrons. The molecular weight excluding hydrogens is 576 g/mol. The molecule has 2 aliphatic heterocycles. The van der Waals surface area contributed by atoms with Crippen molar-refractivity contribution in [2.24, 2.45) is 0 Å². The number of furan rings is 1. The summed E-state index contributed by atoms with van der Waals surface area (Å²) >= 11 is 0. The number of hydrogen-bond acceptors (Lipinski definition) is 11.